The van der Waals surface area contributed by atoms with E-state index in [0.717, 1.165) is 6.07 Å². The number of benzene rings is 1. The van der Waals surface area contributed by atoms with Crippen molar-refractivity contribution in [2.24, 2.45) is 0 Å². The SMILES string of the molecule is O=c1ccc(-c2c(Cl)c(Cl)c(Cl)c(Cl)c2Cl)c(F)[nH]1. The number of aromatic nitrogens is 1. The number of hydrogen-bond acceptors (Lipinski definition) is 1. The van der Waals surface area contributed by atoms with E-state index in [2.05, 4.69) is 0 Å². The van der Waals surface area contributed by atoms with Crippen LogP contribution in [0.2, 0.25) is 25.1 Å². The lowest BCUT2D eigenvalue weighted by Gasteiger charge is -2.12. The van der Waals surface area contributed by atoms with E-state index < -0.39 is 11.5 Å². The van der Waals surface area contributed by atoms with Crippen LogP contribution in [0.1, 0.15) is 0 Å². The molecule has 2 rings (SSSR count). The molecule has 0 radical (unpaired) electrons. The third-order valence-electron chi connectivity index (χ3n) is 2.35. The Morgan fingerprint density at radius 3 is 1.79 bits per heavy atom. The topological polar surface area (TPSA) is 32.9 Å². The van der Waals surface area contributed by atoms with Crippen molar-refractivity contribution in [1.82, 2.24) is 4.98 Å². The van der Waals surface area contributed by atoms with Crippen molar-refractivity contribution in [2.75, 3.05) is 0 Å². The molecule has 0 saturated carbocycles. The van der Waals surface area contributed by atoms with Gasteiger partial charge in [-0.1, -0.05) is 58.0 Å². The van der Waals surface area contributed by atoms with Crippen molar-refractivity contribution in [3.63, 3.8) is 0 Å². The second-order valence-corrected chi connectivity index (χ2v) is 5.38. The standard InChI is InChI=1S/C11H3Cl5FNO/c12-6-5(3-1-2-4(19)18-11(3)17)7(13)9(15)10(16)8(6)14/h1-2H,(H,18,19). The van der Waals surface area contributed by atoms with Gasteiger partial charge in [0.15, 0.2) is 0 Å². The molecule has 0 unspecified atom stereocenters. The van der Waals surface area contributed by atoms with Crippen LogP contribution >= 0.6 is 58.0 Å². The Morgan fingerprint density at radius 2 is 1.32 bits per heavy atom. The quantitative estimate of drug-likeness (QED) is 0.409. The molecule has 2 aromatic rings. The molecule has 0 bridgehead atoms. The monoisotopic (exact) mass is 359 g/mol. The van der Waals surface area contributed by atoms with Gasteiger partial charge in [-0.25, -0.2) is 0 Å². The van der Waals surface area contributed by atoms with Crippen LogP contribution in [0.25, 0.3) is 11.1 Å². The van der Waals surface area contributed by atoms with Gasteiger partial charge in [-0.05, 0) is 6.07 Å². The molecule has 0 fully saturated rings. The molecule has 0 saturated heterocycles. The Morgan fingerprint density at radius 1 is 0.842 bits per heavy atom. The van der Waals surface area contributed by atoms with E-state index in [1.165, 1.54) is 6.07 Å². The summed E-state index contributed by atoms with van der Waals surface area (Å²) in [6, 6.07) is 2.35. The molecule has 0 aliphatic carbocycles. The smallest absolute Gasteiger partial charge is 0.250 e. The summed E-state index contributed by atoms with van der Waals surface area (Å²) >= 11 is 29.6. The molecule has 0 aliphatic rings. The highest BCUT2D eigenvalue weighted by molar-refractivity contribution is 6.56. The van der Waals surface area contributed by atoms with Crippen molar-refractivity contribution >= 4 is 58.0 Å². The van der Waals surface area contributed by atoms with Crippen LogP contribution < -0.4 is 5.56 Å². The summed E-state index contributed by atoms with van der Waals surface area (Å²) in [5, 5.41) is -0.206. The molecule has 0 aliphatic heterocycles. The zero-order valence-electron chi connectivity index (χ0n) is 8.83. The van der Waals surface area contributed by atoms with Crippen molar-refractivity contribution < 1.29 is 4.39 Å². The van der Waals surface area contributed by atoms with Crippen LogP contribution in [0.5, 0.6) is 0 Å². The fourth-order valence-electron chi connectivity index (χ4n) is 1.48. The lowest BCUT2D eigenvalue weighted by molar-refractivity contribution is 0.583. The molecule has 1 heterocycles. The molecule has 1 aromatic carbocycles. The molecule has 8 heteroatoms. The second kappa shape index (κ2) is 5.51. The lowest BCUT2D eigenvalue weighted by Crippen LogP contribution is -2.07. The number of halogens is 6. The molecule has 0 atom stereocenters. The van der Waals surface area contributed by atoms with Gasteiger partial charge in [0.2, 0.25) is 11.5 Å². The van der Waals surface area contributed by atoms with Gasteiger partial charge in [-0.15, -0.1) is 0 Å². The highest BCUT2D eigenvalue weighted by Gasteiger charge is 2.22. The average Bonchev–Trinajstić information content (AvgIpc) is 2.37. The van der Waals surface area contributed by atoms with Gasteiger partial charge in [-0.3, -0.25) is 9.78 Å². The third-order valence-corrected chi connectivity index (χ3v) is 4.63. The number of hydrogen-bond donors (Lipinski definition) is 1. The first kappa shape index (κ1) is 14.9. The van der Waals surface area contributed by atoms with Crippen LogP contribution in [0.15, 0.2) is 16.9 Å². The summed E-state index contributed by atoms with van der Waals surface area (Å²) in [7, 11) is 0. The van der Waals surface area contributed by atoms with E-state index >= 15 is 0 Å². The first-order valence-electron chi connectivity index (χ1n) is 4.75. The summed E-state index contributed by atoms with van der Waals surface area (Å²) in [5.41, 5.74) is -0.564. The second-order valence-electron chi connectivity index (χ2n) is 3.50. The minimum absolute atomic E-state index is 0.0214. The Labute approximate surface area is 132 Å². The molecule has 2 nitrogen and oxygen atoms in total. The zero-order chi connectivity index (χ0) is 14.3. The van der Waals surface area contributed by atoms with Gasteiger partial charge in [0.1, 0.15) is 0 Å². The van der Waals surface area contributed by atoms with Crippen molar-refractivity contribution in [3.05, 3.63) is 53.5 Å². The van der Waals surface area contributed by atoms with Gasteiger partial charge in [0.05, 0.1) is 25.1 Å². The van der Waals surface area contributed by atoms with Gasteiger partial charge in [0, 0.05) is 17.2 Å². The predicted molar refractivity (Wildman–Crippen MR) is 77.5 cm³/mol. The third kappa shape index (κ3) is 2.58. The van der Waals surface area contributed by atoms with E-state index in [0.29, 0.717) is 0 Å². The Kier molecular flexibility index (Phi) is 4.33. The highest BCUT2D eigenvalue weighted by Crippen LogP contribution is 2.48. The van der Waals surface area contributed by atoms with E-state index in [9.17, 15) is 9.18 Å². The Balaban J connectivity index is 2.86. The molecular weight excluding hydrogens is 358 g/mol. The minimum Gasteiger partial charge on any atom is -0.298 e. The van der Waals surface area contributed by atoms with Crippen LogP contribution in [0.4, 0.5) is 4.39 Å². The number of rotatable bonds is 1. The fraction of sp³-hybridized carbons (Fsp3) is 0. The predicted octanol–water partition coefficient (Wildman–Crippen LogP) is 5.45. The lowest BCUT2D eigenvalue weighted by atomic mass is 10.1. The number of aromatic amines is 1. The molecule has 1 N–H and O–H groups in total. The zero-order valence-corrected chi connectivity index (χ0v) is 12.6. The maximum absolute atomic E-state index is 13.8. The number of nitrogens with one attached hydrogen (secondary N) is 1. The van der Waals surface area contributed by atoms with Gasteiger partial charge in [0.25, 0.3) is 0 Å². The van der Waals surface area contributed by atoms with E-state index in [4.69, 9.17) is 58.0 Å². The first-order valence-corrected chi connectivity index (χ1v) is 6.64. The van der Waals surface area contributed by atoms with Crippen LogP contribution in [-0.2, 0) is 0 Å². The number of H-pyrrole nitrogens is 1. The van der Waals surface area contributed by atoms with E-state index in [1.54, 1.807) is 0 Å². The summed E-state index contributed by atoms with van der Waals surface area (Å²) in [4.78, 5) is 13.0. The van der Waals surface area contributed by atoms with Gasteiger partial charge >= 0.3 is 0 Å². The maximum atomic E-state index is 13.8. The summed E-state index contributed by atoms with van der Waals surface area (Å²) in [5.74, 6) is -0.897. The van der Waals surface area contributed by atoms with Crippen molar-refractivity contribution in [1.29, 1.82) is 0 Å². The van der Waals surface area contributed by atoms with Crippen molar-refractivity contribution in [3.8, 4) is 11.1 Å². The summed E-state index contributed by atoms with van der Waals surface area (Å²) < 4.78 is 13.8. The van der Waals surface area contributed by atoms with Crippen molar-refractivity contribution in [2.45, 2.75) is 0 Å². The Bertz CT molecular complexity index is 699. The van der Waals surface area contributed by atoms with E-state index in [1.807, 2.05) is 4.98 Å². The van der Waals surface area contributed by atoms with Gasteiger partial charge < -0.3 is 0 Å². The van der Waals surface area contributed by atoms with Crippen LogP contribution in [0, 0.1) is 5.95 Å². The molecule has 1 aromatic heterocycles. The van der Waals surface area contributed by atoms with E-state index in [-0.39, 0.29) is 36.2 Å². The molecule has 0 amide bonds. The van der Waals surface area contributed by atoms with Crippen LogP contribution in [-0.4, -0.2) is 4.98 Å². The minimum atomic E-state index is -0.897. The molecular formula is C11H3Cl5FNO. The van der Waals surface area contributed by atoms with Crippen LogP contribution in [0.3, 0.4) is 0 Å². The fourth-order valence-corrected chi connectivity index (χ4v) is 2.83. The Hall–Kier alpha value is -0.450. The first-order chi connectivity index (χ1) is 8.84. The molecule has 19 heavy (non-hydrogen) atoms. The number of pyridine rings is 1. The normalized spacial score (nSPS) is 10.8. The average molecular weight is 361 g/mol. The largest absolute Gasteiger partial charge is 0.298 e. The summed E-state index contributed by atoms with van der Waals surface area (Å²) in [6.07, 6.45) is 0. The highest BCUT2D eigenvalue weighted by atomic mass is 35.5. The molecule has 100 valence electrons. The molecule has 0 spiro atoms. The maximum Gasteiger partial charge on any atom is 0.250 e. The van der Waals surface area contributed by atoms with Gasteiger partial charge in [-0.2, -0.15) is 4.39 Å². The summed E-state index contributed by atoms with van der Waals surface area (Å²) in [6.45, 7) is 0.